The highest BCUT2D eigenvalue weighted by atomic mass is 16.3. The van der Waals surface area contributed by atoms with Gasteiger partial charge in [0.15, 0.2) is 28.3 Å². The highest BCUT2D eigenvalue weighted by Crippen LogP contribution is 2.32. The van der Waals surface area contributed by atoms with Crippen LogP contribution < -0.4 is 0 Å². The predicted octanol–water partition coefficient (Wildman–Crippen LogP) is 9.97. The second kappa shape index (κ2) is 9.75. The van der Waals surface area contributed by atoms with E-state index in [1.165, 1.54) is 0 Å². The van der Waals surface area contributed by atoms with Crippen molar-refractivity contribution in [1.29, 1.82) is 0 Å². The first-order chi connectivity index (χ1) is 21.8. The van der Waals surface area contributed by atoms with Crippen LogP contribution >= 0.6 is 0 Å². The molecule has 0 N–H and O–H groups in total. The van der Waals surface area contributed by atoms with E-state index in [4.69, 9.17) is 19.4 Å². The molecule has 0 radical (unpaired) electrons. The summed E-state index contributed by atoms with van der Waals surface area (Å²) in [5.41, 5.74) is 6.89. The number of rotatable bonds is 1. The summed E-state index contributed by atoms with van der Waals surface area (Å²) in [6.45, 7) is 0. The number of benzene rings is 6. The summed E-state index contributed by atoms with van der Waals surface area (Å²) >= 11 is 0. The Kier molecular flexibility index (Phi) is 5.43. The number of hydrogen-bond acceptors (Lipinski definition) is 4. The van der Waals surface area contributed by atoms with Crippen LogP contribution in [0.15, 0.2) is 150 Å². The van der Waals surface area contributed by atoms with Gasteiger partial charge in [0.2, 0.25) is 0 Å². The molecule has 1 aromatic heterocycles. The quantitative estimate of drug-likeness (QED) is 0.186. The Morgan fingerprint density at radius 1 is 0.432 bits per heavy atom. The summed E-state index contributed by atoms with van der Waals surface area (Å²) in [6, 6.07) is 50.1. The van der Waals surface area contributed by atoms with E-state index in [0.717, 1.165) is 65.8 Å². The first-order valence-corrected chi connectivity index (χ1v) is 14.6. The van der Waals surface area contributed by atoms with E-state index in [1.807, 2.05) is 42.5 Å². The van der Waals surface area contributed by atoms with Gasteiger partial charge in [0, 0.05) is 21.9 Å². The molecule has 206 valence electrons. The summed E-state index contributed by atoms with van der Waals surface area (Å²) in [6.07, 6.45) is 0. The highest BCUT2D eigenvalue weighted by molar-refractivity contribution is 5.96. The zero-order chi connectivity index (χ0) is 29.0. The summed E-state index contributed by atoms with van der Waals surface area (Å²) in [7, 11) is 0. The molecule has 0 aliphatic carbocycles. The van der Waals surface area contributed by atoms with Crippen LogP contribution in [0.1, 0.15) is 0 Å². The van der Waals surface area contributed by atoms with E-state index in [9.17, 15) is 0 Å². The summed E-state index contributed by atoms with van der Waals surface area (Å²) in [5.74, 6) is 0.643. The topological polar surface area (TPSA) is 56.7 Å². The molecular weight excluding hydrogens is 540 g/mol. The molecular formula is C39H24N4O. The normalized spacial score (nSPS) is 11.6. The van der Waals surface area contributed by atoms with Gasteiger partial charge in [-0.3, -0.25) is 0 Å². The van der Waals surface area contributed by atoms with Crippen molar-refractivity contribution in [2.75, 3.05) is 0 Å². The Hall–Kier alpha value is -6.07. The Labute approximate surface area is 252 Å². The Balaban J connectivity index is 1.52. The SMILES string of the molecule is c1ccc(-c2nc3nc(n2)c2cccc(c2)c2cccc(c2)n2c4ccccc4oc4ccc(cc4-2)c2cccc3c2)cc1. The third-order valence-electron chi connectivity index (χ3n) is 8.21. The molecule has 2 aliphatic rings. The third kappa shape index (κ3) is 4.06. The average molecular weight is 565 g/mol. The van der Waals surface area contributed by atoms with Gasteiger partial charge in [-0.25, -0.2) is 15.0 Å². The van der Waals surface area contributed by atoms with Gasteiger partial charge >= 0.3 is 0 Å². The van der Waals surface area contributed by atoms with Gasteiger partial charge in [0.1, 0.15) is 0 Å². The molecule has 7 aromatic rings. The molecule has 10 bridgehead atoms. The number of fused-ring (bicyclic) bond motifs is 16. The molecule has 0 amide bonds. The molecule has 0 saturated heterocycles. The number of para-hydroxylation sites is 2. The number of hydrogen-bond donors (Lipinski definition) is 0. The lowest BCUT2D eigenvalue weighted by Crippen LogP contribution is -2.00. The fraction of sp³-hybridized carbons (Fsp3) is 0. The van der Waals surface area contributed by atoms with Gasteiger partial charge < -0.3 is 8.98 Å². The van der Waals surface area contributed by atoms with Crippen molar-refractivity contribution in [2.24, 2.45) is 0 Å². The van der Waals surface area contributed by atoms with E-state index >= 15 is 0 Å². The van der Waals surface area contributed by atoms with Gasteiger partial charge in [-0.15, -0.1) is 0 Å². The maximum absolute atomic E-state index is 6.42. The Bertz CT molecular complexity index is 2620. The molecule has 44 heavy (non-hydrogen) atoms. The summed E-state index contributed by atoms with van der Waals surface area (Å²) in [4.78, 5) is 15.0. The van der Waals surface area contributed by atoms with Crippen LogP contribution in [0.2, 0.25) is 0 Å². The van der Waals surface area contributed by atoms with E-state index in [2.05, 4.69) is 108 Å². The minimum atomic E-state index is 0.632. The van der Waals surface area contributed by atoms with Crippen LogP contribution in [-0.4, -0.2) is 19.5 Å². The minimum absolute atomic E-state index is 0.632. The van der Waals surface area contributed by atoms with Gasteiger partial charge in [-0.05, 0) is 70.1 Å². The lowest BCUT2D eigenvalue weighted by atomic mass is 10.1. The second-order valence-electron chi connectivity index (χ2n) is 11.0. The first-order valence-electron chi connectivity index (χ1n) is 14.6. The molecule has 5 heteroatoms. The van der Waals surface area contributed by atoms with Crippen molar-refractivity contribution in [3.05, 3.63) is 146 Å². The lowest BCUT2D eigenvalue weighted by molar-refractivity contribution is 0.647. The van der Waals surface area contributed by atoms with Crippen LogP contribution in [0.5, 0.6) is 0 Å². The summed E-state index contributed by atoms with van der Waals surface area (Å²) in [5, 5.41) is 6.17. The van der Waals surface area contributed by atoms with Crippen LogP contribution in [-0.2, 0) is 0 Å². The number of aromatic nitrogens is 4. The van der Waals surface area contributed by atoms with Crippen LogP contribution in [0.25, 0.3) is 82.9 Å². The molecule has 5 nitrogen and oxygen atoms in total. The maximum atomic E-state index is 6.42. The molecule has 0 unspecified atom stereocenters. The van der Waals surface area contributed by atoms with Crippen molar-refractivity contribution < 1.29 is 4.42 Å². The predicted molar refractivity (Wildman–Crippen MR) is 180 cm³/mol. The molecule has 0 fully saturated rings. The van der Waals surface area contributed by atoms with Gasteiger partial charge in [-0.1, -0.05) is 97.1 Å². The fourth-order valence-corrected chi connectivity index (χ4v) is 6.06. The lowest BCUT2D eigenvalue weighted by Gasteiger charge is -2.16. The van der Waals surface area contributed by atoms with Crippen molar-refractivity contribution in [3.63, 3.8) is 0 Å². The van der Waals surface area contributed by atoms with Crippen molar-refractivity contribution in [2.45, 2.75) is 0 Å². The molecule has 0 atom stereocenters. The second-order valence-corrected chi connectivity index (χ2v) is 11.0. The van der Waals surface area contributed by atoms with Crippen molar-refractivity contribution in [3.8, 4) is 17.1 Å². The van der Waals surface area contributed by atoms with E-state index in [1.54, 1.807) is 0 Å². The Morgan fingerprint density at radius 2 is 1.05 bits per heavy atom. The largest absolute Gasteiger partial charge is 0.453 e. The number of nitrogens with zero attached hydrogens (tertiary/aromatic N) is 4. The zero-order valence-electron chi connectivity index (χ0n) is 23.6. The molecule has 2 aliphatic heterocycles. The maximum Gasteiger partial charge on any atom is 0.164 e. The van der Waals surface area contributed by atoms with Gasteiger partial charge in [0.25, 0.3) is 0 Å². The third-order valence-corrected chi connectivity index (χ3v) is 8.21. The smallest absolute Gasteiger partial charge is 0.164 e. The fourth-order valence-electron chi connectivity index (χ4n) is 6.06. The molecule has 0 spiro atoms. The van der Waals surface area contributed by atoms with Crippen LogP contribution in [0, 0.1) is 0 Å². The van der Waals surface area contributed by atoms with E-state index < -0.39 is 0 Å². The first kappa shape index (κ1) is 24.5. The zero-order valence-corrected chi connectivity index (χ0v) is 23.6. The van der Waals surface area contributed by atoms with Crippen LogP contribution in [0.4, 0.5) is 0 Å². The average Bonchev–Trinajstić information content (AvgIpc) is 3.10. The van der Waals surface area contributed by atoms with E-state index in [-0.39, 0.29) is 0 Å². The molecule has 9 rings (SSSR count). The Morgan fingerprint density at radius 3 is 1.80 bits per heavy atom. The minimum Gasteiger partial charge on any atom is -0.453 e. The molecule has 3 heterocycles. The van der Waals surface area contributed by atoms with Gasteiger partial charge in [0.05, 0.1) is 11.2 Å². The van der Waals surface area contributed by atoms with Crippen molar-refractivity contribution >= 4 is 65.8 Å². The van der Waals surface area contributed by atoms with Gasteiger partial charge in [-0.2, -0.15) is 0 Å². The van der Waals surface area contributed by atoms with Crippen LogP contribution in [0.3, 0.4) is 0 Å². The standard InChI is InChI=1S/C39H24N4O/c1-2-9-25(10-3-1)37-40-38-30-14-6-11-26(21-30)28-13-8-16-32(23-28)43-33-17-4-5-18-35(33)44-36-20-19-29(24-34(36)43)27-12-7-15-31(22-27)39(41-37)42-38/h1-24H. The highest BCUT2D eigenvalue weighted by Gasteiger charge is 2.13. The molecule has 6 aromatic carbocycles. The molecule has 0 saturated carbocycles. The van der Waals surface area contributed by atoms with E-state index in [0.29, 0.717) is 17.1 Å². The monoisotopic (exact) mass is 564 g/mol. The summed E-state index contributed by atoms with van der Waals surface area (Å²) < 4.78 is 8.71. The van der Waals surface area contributed by atoms with Crippen molar-refractivity contribution in [1.82, 2.24) is 19.5 Å².